The molecule has 3 rings (SSSR count). The summed E-state index contributed by atoms with van der Waals surface area (Å²) in [6.07, 6.45) is 0. The van der Waals surface area contributed by atoms with Crippen molar-refractivity contribution >= 4 is 50.5 Å². The van der Waals surface area contributed by atoms with Gasteiger partial charge in [0.25, 0.3) is 0 Å². The number of fused-ring (bicyclic) bond motifs is 1. The molecule has 0 saturated heterocycles. The fourth-order valence-corrected chi connectivity index (χ4v) is 4.15. The minimum Gasteiger partial charge on any atom is -0.393 e. The summed E-state index contributed by atoms with van der Waals surface area (Å²) in [5.74, 6) is 1.36. The molecule has 0 aliphatic rings. The van der Waals surface area contributed by atoms with Gasteiger partial charge in [-0.3, -0.25) is 0 Å². The molecule has 0 saturated carbocycles. The van der Waals surface area contributed by atoms with E-state index in [0.29, 0.717) is 10.7 Å². The Labute approximate surface area is 136 Å². The van der Waals surface area contributed by atoms with Crippen molar-refractivity contribution in [3.8, 4) is 11.1 Å². The number of thioether (sulfide) groups is 1. The molecule has 3 nitrogen and oxygen atoms in total. The van der Waals surface area contributed by atoms with Gasteiger partial charge in [0, 0.05) is 16.7 Å². The first kappa shape index (κ1) is 14.4. The smallest absolute Gasteiger partial charge is 0.128 e. The number of aryl methyl sites for hydroxylation is 1. The molecule has 0 radical (unpaired) electrons. The minimum absolute atomic E-state index is 0.487. The van der Waals surface area contributed by atoms with Gasteiger partial charge in [0.2, 0.25) is 0 Å². The maximum Gasteiger partial charge on any atom is 0.128 e. The Morgan fingerprint density at radius 1 is 1.29 bits per heavy atom. The molecule has 21 heavy (non-hydrogen) atoms. The maximum absolute atomic E-state index is 5.62. The van der Waals surface area contributed by atoms with Gasteiger partial charge in [-0.05, 0) is 12.5 Å². The molecule has 0 fully saturated rings. The third kappa shape index (κ3) is 3.07. The van der Waals surface area contributed by atoms with Gasteiger partial charge < -0.3 is 5.73 Å². The van der Waals surface area contributed by atoms with Crippen LogP contribution in [0.3, 0.4) is 0 Å². The van der Waals surface area contributed by atoms with E-state index in [1.807, 2.05) is 25.1 Å². The van der Waals surface area contributed by atoms with E-state index in [2.05, 4.69) is 27.5 Å². The van der Waals surface area contributed by atoms with Gasteiger partial charge in [-0.25, -0.2) is 9.97 Å². The average molecular weight is 331 g/mol. The lowest BCUT2D eigenvalue weighted by Gasteiger charge is -2.06. The topological polar surface area (TPSA) is 51.8 Å². The minimum atomic E-state index is 0.487. The molecule has 0 spiro atoms. The van der Waals surface area contributed by atoms with Crippen LogP contribution in [-0.4, -0.2) is 20.7 Å². The number of rotatable bonds is 4. The number of aromatic nitrogens is 2. The van der Waals surface area contributed by atoms with E-state index in [1.54, 1.807) is 23.1 Å². The number of nitrogens with two attached hydrogens (primary N) is 1. The third-order valence-corrected chi connectivity index (χ3v) is 5.17. The second kappa shape index (κ2) is 6.09. The van der Waals surface area contributed by atoms with E-state index >= 15 is 0 Å². The summed E-state index contributed by atoms with van der Waals surface area (Å²) < 4.78 is 0. The van der Waals surface area contributed by atoms with Crippen molar-refractivity contribution in [2.24, 2.45) is 5.73 Å². The van der Waals surface area contributed by atoms with Crippen LogP contribution in [0.1, 0.15) is 5.82 Å². The number of hydrogen-bond acceptors (Lipinski definition) is 5. The van der Waals surface area contributed by atoms with Crippen molar-refractivity contribution in [2.45, 2.75) is 11.9 Å². The molecule has 0 amide bonds. The van der Waals surface area contributed by atoms with E-state index in [1.165, 1.54) is 11.1 Å². The summed E-state index contributed by atoms with van der Waals surface area (Å²) in [6.45, 7) is 1.91. The molecule has 2 N–H and O–H groups in total. The molecule has 0 bridgehead atoms. The van der Waals surface area contributed by atoms with E-state index in [-0.39, 0.29) is 0 Å². The number of benzene rings is 1. The van der Waals surface area contributed by atoms with Gasteiger partial charge in [-0.15, -0.1) is 11.3 Å². The second-order valence-electron chi connectivity index (χ2n) is 4.53. The monoisotopic (exact) mass is 331 g/mol. The van der Waals surface area contributed by atoms with Crippen molar-refractivity contribution in [3.05, 3.63) is 41.5 Å². The van der Waals surface area contributed by atoms with E-state index in [9.17, 15) is 0 Å². The highest BCUT2D eigenvalue weighted by atomic mass is 32.2. The largest absolute Gasteiger partial charge is 0.393 e. The molecule has 2 aromatic heterocycles. The first-order valence-electron chi connectivity index (χ1n) is 6.37. The molecule has 3 aromatic rings. The predicted octanol–water partition coefficient (Wildman–Crippen LogP) is 4.04. The van der Waals surface area contributed by atoms with Gasteiger partial charge >= 0.3 is 0 Å². The van der Waals surface area contributed by atoms with Crippen LogP contribution in [0.4, 0.5) is 0 Å². The van der Waals surface area contributed by atoms with E-state index in [0.717, 1.165) is 21.1 Å². The van der Waals surface area contributed by atoms with Crippen molar-refractivity contribution in [1.82, 2.24) is 9.97 Å². The van der Waals surface area contributed by atoms with Gasteiger partial charge in [0.15, 0.2) is 0 Å². The van der Waals surface area contributed by atoms with Crippen molar-refractivity contribution in [3.63, 3.8) is 0 Å². The number of thiocarbonyl (C=S) groups is 1. The van der Waals surface area contributed by atoms with E-state index < -0.39 is 0 Å². The zero-order valence-corrected chi connectivity index (χ0v) is 13.8. The Kier molecular flexibility index (Phi) is 4.19. The molecule has 2 heterocycles. The first-order chi connectivity index (χ1) is 10.1. The molecule has 6 heteroatoms. The highest BCUT2D eigenvalue weighted by Gasteiger charge is 2.14. The standard InChI is InChI=1S/C15H13N3S3/c1-9-17-14-13(15(18-9)21-8-12(16)19)11(7-20-14)10-5-3-2-4-6-10/h2-7H,8H2,1H3,(H2,16,19). The Balaban J connectivity index is 2.16. The van der Waals surface area contributed by atoms with Crippen molar-refractivity contribution in [2.75, 3.05) is 5.75 Å². The van der Waals surface area contributed by atoms with Crippen molar-refractivity contribution in [1.29, 1.82) is 0 Å². The summed E-state index contributed by atoms with van der Waals surface area (Å²) in [6, 6.07) is 10.3. The highest BCUT2D eigenvalue weighted by molar-refractivity contribution is 8.01. The fraction of sp³-hybridized carbons (Fsp3) is 0.133. The molecular formula is C15H13N3S3. The molecule has 106 valence electrons. The van der Waals surface area contributed by atoms with Gasteiger partial charge in [0.1, 0.15) is 15.7 Å². The predicted molar refractivity (Wildman–Crippen MR) is 95.1 cm³/mol. The number of nitrogens with zero attached hydrogens (tertiary/aromatic N) is 2. The second-order valence-corrected chi connectivity index (χ2v) is 6.87. The normalized spacial score (nSPS) is 10.9. The van der Waals surface area contributed by atoms with Gasteiger partial charge in [0.05, 0.1) is 10.4 Å². The maximum atomic E-state index is 5.62. The van der Waals surface area contributed by atoms with E-state index in [4.69, 9.17) is 18.0 Å². The quantitative estimate of drug-likeness (QED) is 0.444. The molecule has 1 aromatic carbocycles. The highest BCUT2D eigenvalue weighted by Crippen LogP contribution is 2.38. The zero-order chi connectivity index (χ0) is 14.8. The molecular weight excluding hydrogens is 318 g/mol. The SMILES string of the molecule is Cc1nc(SCC(N)=S)c2c(-c3ccccc3)csc2n1. The van der Waals surface area contributed by atoms with Crippen LogP contribution in [0, 0.1) is 6.92 Å². The Bertz CT molecular complexity index is 797. The van der Waals surface area contributed by atoms with Crippen LogP contribution < -0.4 is 5.73 Å². The van der Waals surface area contributed by atoms with Gasteiger partial charge in [-0.2, -0.15) is 0 Å². The van der Waals surface area contributed by atoms with Crippen LogP contribution in [0.5, 0.6) is 0 Å². The average Bonchev–Trinajstić information content (AvgIpc) is 2.89. The summed E-state index contributed by atoms with van der Waals surface area (Å²) >= 11 is 8.19. The summed E-state index contributed by atoms with van der Waals surface area (Å²) in [5, 5.41) is 4.18. The summed E-state index contributed by atoms with van der Waals surface area (Å²) in [4.78, 5) is 10.6. The summed E-state index contributed by atoms with van der Waals surface area (Å²) in [5.41, 5.74) is 7.96. The molecule has 0 aliphatic heterocycles. The Morgan fingerprint density at radius 2 is 2.05 bits per heavy atom. The van der Waals surface area contributed by atoms with Crippen LogP contribution in [0.15, 0.2) is 40.7 Å². The lowest BCUT2D eigenvalue weighted by Crippen LogP contribution is -2.10. The van der Waals surface area contributed by atoms with Crippen molar-refractivity contribution < 1.29 is 0 Å². The number of hydrogen-bond donors (Lipinski definition) is 1. The Morgan fingerprint density at radius 3 is 2.76 bits per heavy atom. The van der Waals surface area contributed by atoms with Crippen LogP contribution >= 0.6 is 35.3 Å². The fourth-order valence-electron chi connectivity index (χ4n) is 2.09. The lowest BCUT2D eigenvalue weighted by molar-refractivity contribution is 1.02. The summed E-state index contributed by atoms with van der Waals surface area (Å²) in [7, 11) is 0. The van der Waals surface area contributed by atoms with Gasteiger partial charge in [-0.1, -0.05) is 54.3 Å². The van der Waals surface area contributed by atoms with Crippen LogP contribution in [0.25, 0.3) is 21.3 Å². The zero-order valence-electron chi connectivity index (χ0n) is 11.4. The van der Waals surface area contributed by atoms with Crippen LogP contribution in [-0.2, 0) is 0 Å². The third-order valence-electron chi connectivity index (χ3n) is 2.95. The Hall–Kier alpha value is -1.50. The molecule has 0 unspecified atom stereocenters. The first-order valence-corrected chi connectivity index (χ1v) is 8.65. The molecule has 0 aliphatic carbocycles. The van der Waals surface area contributed by atoms with Crippen LogP contribution in [0.2, 0.25) is 0 Å². The lowest BCUT2D eigenvalue weighted by atomic mass is 10.1. The number of thiophene rings is 1. The molecule has 0 atom stereocenters.